The Labute approximate surface area is 120 Å². The molecule has 106 valence electrons. The van der Waals surface area contributed by atoms with Crippen molar-refractivity contribution in [3.05, 3.63) is 47.6 Å². The number of hydrogen-bond acceptors (Lipinski definition) is 4. The molecule has 3 aromatic rings. The number of carboxylic acids is 1. The van der Waals surface area contributed by atoms with Gasteiger partial charge in [-0.05, 0) is 37.3 Å². The lowest BCUT2D eigenvalue weighted by Gasteiger charge is -1.97. The highest BCUT2D eigenvalue weighted by atomic mass is 16.4. The normalized spacial score (nSPS) is 11.5. The van der Waals surface area contributed by atoms with Crippen molar-refractivity contribution in [3.8, 4) is 0 Å². The van der Waals surface area contributed by atoms with Crippen molar-refractivity contribution in [1.29, 1.82) is 0 Å². The third-order valence-electron chi connectivity index (χ3n) is 3.10. The monoisotopic (exact) mass is 283 g/mol. The van der Waals surface area contributed by atoms with Crippen molar-refractivity contribution < 1.29 is 14.3 Å². The molecule has 1 N–H and O–H groups in total. The van der Waals surface area contributed by atoms with E-state index in [-0.39, 0.29) is 5.56 Å². The molecule has 0 saturated heterocycles. The van der Waals surface area contributed by atoms with Crippen LogP contribution in [0, 0.1) is 0 Å². The Morgan fingerprint density at radius 1 is 1.38 bits per heavy atom. The number of carbonyl (C=O) groups is 1. The average Bonchev–Trinajstić information content (AvgIpc) is 3.09. The van der Waals surface area contributed by atoms with Gasteiger partial charge >= 0.3 is 5.97 Å². The van der Waals surface area contributed by atoms with Crippen LogP contribution in [0.1, 0.15) is 28.9 Å². The summed E-state index contributed by atoms with van der Waals surface area (Å²) in [5.74, 6) is -0.561. The number of oxazole rings is 1. The maximum Gasteiger partial charge on any atom is 0.335 e. The Bertz CT molecular complexity index is 830. The highest BCUT2D eigenvalue weighted by Crippen LogP contribution is 2.19. The SMILES string of the molecule is CCn1nccc1C=Cc1nc2ccc(C(=O)O)cc2o1. The lowest BCUT2D eigenvalue weighted by molar-refractivity contribution is 0.0697. The fourth-order valence-electron chi connectivity index (χ4n) is 2.05. The van der Waals surface area contributed by atoms with Gasteiger partial charge in [0.1, 0.15) is 5.52 Å². The highest BCUT2D eigenvalue weighted by Gasteiger charge is 2.08. The minimum Gasteiger partial charge on any atom is -0.478 e. The molecule has 0 aliphatic heterocycles. The predicted molar refractivity (Wildman–Crippen MR) is 77.8 cm³/mol. The maximum atomic E-state index is 10.9. The molecule has 21 heavy (non-hydrogen) atoms. The van der Waals surface area contributed by atoms with Gasteiger partial charge in [-0.2, -0.15) is 5.10 Å². The molecule has 0 atom stereocenters. The number of aromatic carboxylic acids is 1. The Hall–Kier alpha value is -2.89. The van der Waals surface area contributed by atoms with Gasteiger partial charge in [-0.3, -0.25) is 4.68 Å². The first-order valence-corrected chi connectivity index (χ1v) is 6.51. The van der Waals surface area contributed by atoms with E-state index in [9.17, 15) is 4.79 Å². The zero-order chi connectivity index (χ0) is 14.8. The summed E-state index contributed by atoms with van der Waals surface area (Å²) in [4.78, 5) is 15.2. The summed E-state index contributed by atoms with van der Waals surface area (Å²) < 4.78 is 7.39. The van der Waals surface area contributed by atoms with E-state index in [1.54, 1.807) is 18.3 Å². The molecule has 0 saturated carbocycles. The largest absolute Gasteiger partial charge is 0.478 e. The first-order chi connectivity index (χ1) is 10.2. The van der Waals surface area contributed by atoms with E-state index in [1.165, 1.54) is 12.1 Å². The molecule has 0 unspecified atom stereocenters. The summed E-state index contributed by atoms with van der Waals surface area (Å²) in [6.07, 6.45) is 5.33. The Morgan fingerprint density at radius 3 is 3.00 bits per heavy atom. The van der Waals surface area contributed by atoms with E-state index in [0.717, 1.165) is 12.2 Å². The van der Waals surface area contributed by atoms with Gasteiger partial charge < -0.3 is 9.52 Å². The predicted octanol–water partition coefficient (Wildman–Crippen LogP) is 2.91. The molecule has 2 heterocycles. The average molecular weight is 283 g/mol. The third kappa shape index (κ3) is 2.55. The number of aryl methyl sites for hydroxylation is 1. The van der Waals surface area contributed by atoms with E-state index in [2.05, 4.69) is 10.1 Å². The van der Waals surface area contributed by atoms with Crippen LogP contribution in [0.4, 0.5) is 0 Å². The minimum absolute atomic E-state index is 0.179. The van der Waals surface area contributed by atoms with E-state index in [1.807, 2.05) is 23.7 Å². The first-order valence-electron chi connectivity index (χ1n) is 6.51. The van der Waals surface area contributed by atoms with Crippen LogP contribution in [-0.2, 0) is 6.54 Å². The van der Waals surface area contributed by atoms with Crippen molar-refractivity contribution in [2.24, 2.45) is 0 Å². The van der Waals surface area contributed by atoms with Gasteiger partial charge in [0.05, 0.1) is 11.3 Å². The number of hydrogen-bond donors (Lipinski definition) is 1. The fourth-order valence-corrected chi connectivity index (χ4v) is 2.05. The first kappa shape index (κ1) is 13.1. The van der Waals surface area contributed by atoms with Crippen LogP contribution >= 0.6 is 0 Å². The number of aromatic nitrogens is 3. The Kier molecular flexibility index (Phi) is 3.27. The molecule has 0 aliphatic carbocycles. The molecule has 6 heteroatoms. The van der Waals surface area contributed by atoms with Crippen molar-refractivity contribution in [2.75, 3.05) is 0 Å². The zero-order valence-corrected chi connectivity index (χ0v) is 11.4. The van der Waals surface area contributed by atoms with E-state index in [4.69, 9.17) is 9.52 Å². The molecule has 3 rings (SSSR count). The summed E-state index contributed by atoms with van der Waals surface area (Å²) in [7, 11) is 0. The standard InChI is InChI=1S/C15H13N3O3/c1-2-18-11(7-8-16-18)4-6-14-17-12-5-3-10(15(19)20)9-13(12)21-14/h3-9H,2H2,1H3,(H,19,20). The number of benzene rings is 1. The van der Waals surface area contributed by atoms with Gasteiger partial charge in [0.25, 0.3) is 0 Å². The van der Waals surface area contributed by atoms with Crippen LogP contribution in [0.3, 0.4) is 0 Å². The lowest BCUT2D eigenvalue weighted by atomic mass is 10.2. The van der Waals surface area contributed by atoms with Crippen LogP contribution < -0.4 is 0 Å². The number of fused-ring (bicyclic) bond motifs is 1. The van der Waals surface area contributed by atoms with Gasteiger partial charge in [-0.25, -0.2) is 9.78 Å². The van der Waals surface area contributed by atoms with Crippen molar-refractivity contribution in [3.63, 3.8) is 0 Å². The lowest BCUT2D eigenvalue weighted by Crippen LogP contribution is -1.97. The summed E-state index contributed by atoms with van der Waals surface area (Å²) >= 11 is 0. The second-order valence-electron chi connectivity index (χ2n) is 4.44. The molecule has 6 nitrogen and oxygen atoms in total. The second-order valence-corrected chi connectivity index (χ2v) is 4.44. The van der Waals surface area contributed by atoms with Crippen LogP contribution in [0.5, 0.6) is 0 Å². The van der Waals surface area contributed by atoms with Crippen LogP contribution in [-0.4, -0.2) is 25.8 Å². The van der Waals surface area contributed by atoms with Crippen molar-refractivity contribution >= 4 is 29.2 Å². The number of carboxylic acid groups (broad SMARTS) is 1. The van der Waals surface area contributed by atoms with Gasteiger partial charge in [0.2, 0.25) is 5.89 Å². The minimum atomic E-state index is -0.989. The molecule has 0 spiro atoms. The van der Waals surface area contributed by atoms with Gasteiger partial charge in [0, 0.05) is 18.8 Å². The smallest absolute Gasteiger partial charge is 0.335 e. The molecule has 0 bridgehead atoms. The maximum absolute atomic E-state index is 10.9. The van der Waals surface area contributed by atoms with Crippen molar-refractivity contribution in [1.82, 2.24) is 14.8 Å². The summed E-state index contributed by atoms with van der Waals surface area (Å²) in [5.41, 5.74) is 2.21. The van der Waals surface area contributed by atoms with E-state index >= 15 is 0 Å². The van der Waals surface area contributed by atoms with Crippen LogP contribution in [0.2, 0.25) is 0 Å². The Morgan fingerprint density at radius 2 is 2.24 bits per heavy atom. The number of rotatable bonds is 4. The van der Waals surface area contributed by atoms with E-state index in [0.29, 0.717) is 17.0 Å². The summed E-state index contributed by atoms with van der Waals surface area (Å²) in [6, 6.07) is 6.51. The van der Waals surface area contributed by atoms with Gasteiger partial charge in [-0.15, -0.1) is 0 Å². The van der Waals surface area contributed by atoms with Gasteiger partial charge in [0.15, 0.2) is 5.58 Å². The molecule has 0 amide bonds. The zero-order valence-electron chi connectivity index (χ0n) is 11.4. The summed E-state index contributed by atoms with van der Waals surface area (Å²) in [6.45, 7) is 2.79. The molecular formula is C15H13N3O3. The van der Waals surface area contributed by atoms with Crippen LogP contribution in [0.25, 0.3) is 23.3 Å². The second kappa shape index (κ2) is 5.24. The molecule has 1 aromatic carbocycles. The van der Waals surface area contributed by atoms with E-state index < -0.39 is 5.97 Å². The van der Waals surface area contributed by atoms with Gasteiger partial charge in [-0.1, -0.05) is 0 Å². The van der Waals surface area contributed by atoms with Crippen LogP contribution in [0.15, 0.2) is 34.9 Å². The molecule has 2 aromatic heterocycles. The highest BCUT2D eigenvalue weighted by molar-refractivity contribution is 5.92. The molecule has 0 radical (unpaired) electrons. The summed E-state index contributed by atoms with van der Waals surface area (Å²) in [5, 5.41) is 13.1. The topological polar surface area (TPSA) is 81.2 Å². The Balaban J connectivity index is 1.92. The molecule has 0 fully saturated rings. The third-order valence-corrected chi connectivity index (χ3v) is 3.10. The molecule has 0 aliphatic rings. The van der Waals surface area contributed by atoms with Crippen molar-refractivity contribution in [2.45, 2.75) is 13.5 Å². The molecular weight excluding hydrogens is 270 g/mol. The number of nitrogens with zero attached hydrogens (tertiary/aromatic N) is 3. The quantitative estimate of drug-likeness (QED) is 0.796. The fraction of sp³-hybridized carbons (Fsp3) is 0.133.